The number of aliphatic carboxylic acids is 1. The molecule has 2 N–H and O–H groups in total. The first-order valence-corrected chi connectivity index (χ1v) is 7.75. The normalized spacial score (nSPS) is 10.2. The molecule has 1 amide bonds. The van der Waals surface area contributed by atoms with Crippen LogP contribution in [0.2, 0.25) is 0 Å². The Labute approximate surface area is 141 Å². The molecule has 2 aromatic rings. The lowest BCUT2D eigenvalue weighted by molar-refractivity contribution is -0.139. The molecule has 2 rings (SSSR count). The summed E-state index contributed by atoms with van der Waals surface area (Å²) < 4.78 is 5.08. The summed E-state index contributed by atoms with van der Waals surface area (Å²) in [5.41, 5.74) is 3.83. The molecule has 0 saturated heterocycles. The molecule has 0 saturated carbocycles. The first-order chi connectivity index (χ1) is 11.5. The number of carbonyl (C=O) groups is 2. The van der Waals surface area contributed by atoms with E-state index >= 15 is 0 Å². The Bertz CT molecular complexity index is 723. The van der Waals surface area contributed by atoms with Gasteiger partial charge in [0.15, 0.2) is 6.61 Å². The Morgan fingerprint density at radius 2 is 1.79 bits per heavy atom. The van der Waals surface area contributed by atoms with Gasteiger partial charge in [-0.15, -0.1) is 0 Å². The molecular weight excluding hydrogens is 306 g/mol. The van der Waals surface area contributed by atoms with Crippen molar-refractivity contribution in [2.24, 2.45) is 0 Å². The highest BCUT2D eigenvalue weighted by atomic mass is 16.5. The molecule has 0 aliphatic carbocycles. The Morgan fingerprint density at radius 1 is 1.08 bits per heavy atom. The third-order valence-electron chi connectivity index (χ3n) is 3.83. The largest absolute Gasteiger partial charge is 0.482 e. The fourth-order valence-corrected chi connectivity index (χ4v) is 2.31. The fraction of sp³-hybridized carbons (Fsp3) is 0.263. The van der Waals surface area contributed by atoms with Crippen LogP contribution >= 0.6 is 0 Å². The zero-order chi connectivity index (χ0) is 17.5. The molecule has 24 heavy (non-hydrogen) atoms. The minimum atomic E-state index is -1.01. The van der Waals surface area contributed by atoms with Crippen LogP contribution < -0.4 is 10.1 Å². The van der Waals surface area contributed by atoms with Crippen LogP contribution in [0.25, 0.3) is 0 Å². The van der Waals surface area contributed by atoms with Gasteiger partial charge in [0.25, 0.3) is 5.91 Å². The van der Waals surface area contributed by atoms with Crippen molar-refractivity contribution in [1.29, 1.82) is 0 Å². The van der Waals surface area contributed by atoms with Gasteiger partial charge in [0.2, 0.25) is 0 Å². The molecular formula is C19H21NO4. The number of nitrogens with one attached hydrogen (secondary N) is 1. The number of carbonyl (C=O) groups excluding carboxylic acids is 1. The highest BCUT2D eigenvalue weighted by Gasteiger charge is 2.09. The standard InChI is InChI=1S/C19H21NO4/c1-13-4-3-5-17(14(13)2)19(23)20-11-10-15-6-8-16(9-7-15)24-12-18(21)22/h3-9H,10-12H2,1-2H3,(H,20,23)(H,21,22). The average Bonchev–Trinajstić information content (AvgIpc) is 2.56. The van der Waals surface area contributed by atoms with Crippen LogP contribution in [-0.4, -0.2) is 30.1 Å². The molecule has 5 heteroatoms. The summed E-state index contributed by atoms with van der Waals surface area (Å²) in [6.07, 6.45) is 0.690. The maximum Gasteiger partial charge on any atom is 0.341 e. The molecule has 126 valence electrons. The number of rotatable bonds is 7. The van der Waals surface area contributed by atoms with Crippen molar-refractivity contribution in [2.45, 2.75) is 20.3 Å². The zero-order valence-electron chi connectivity index (χ0n) is 13.8. The number of benzene rings is 2. The van der Waals surface area contributed by atoms with E-state index in [9.17, 15) is 9.59 Å². The molecule has 0 fully saturated rings. The van der Waals surface area contributed by atoms with Gasteiger partial charge in [-0.3, -0.25) is 4.79 Å². The lowest BCUT2D eigenvalue weighted by atomic mass is 10.0. The summed E-state index contributed by atoms with van der Waals surface area (Å²) in [5.74, 6) is -0.564. The van der Waals surface area contributed by atoms with Crippen molar-refractivity contribution < 1.29 is 19.4 Å². The van der Waals surface area contributed by atoms with Crippen molar-refractivity contribution in [3.8, 4) is 5.75 Å². The zero-order valence-corrected chi connectivity index (χ0v) is 13.8. The number of ether oxygens (including phenoxy) is 1. The van der Waals surface area contributed by atoms with E-state index in [1.807, 2.05) is 44.2 Å². The Morgan fingerprint density at radius 3 is 2.46 bits per heavy atom. The van der Waals surface area contributed by atoms with Crippen molar-refractivity contribution in [1.82, 2.24) is 5.32 Å². The lowest BCUT2D eigenvalue weighted by Gasteiger charge is -2.10. The van der Waals surface area contributed by atoms with Gasteiger partial charge in [-0.1, -0.05) is 24.3 Å². The first kappa shape index (κ1) is 17.5. The molecule has 0 aliphatic rings. The van der Waals surface area contributed by atoms with E-state index in [2.05, 4.69) is 5.32 Å². The van der Waals surface area contributed by atoms with E-state index in [0.29, 0.717) is 24.3 Å². The second kappa shape index (κ2) is 8.15. The van der Waals surface area contributed by atoms with Crippen LogP contribution in [-0.2, 0) is 11.2 Å². The maximum absolute atomic E-state index is 12.2. The van der Waals surface area contributed by atoms with Gasteiger partial charge in [-0.05, 0) is 55.2 Å². The number of hydrogen-bond acceptors (Lipinski definition) is 3. The van der Waals surface area contributed by atoms with Gasteiger partial charge in [0.1, 0.15) is 5.75 Å². The summed E-state index contributed by atoms with van der Waals surface area (Å²) in [6.45, 7) is 4.10. The number of aryl methyl sites for hydroxylation is 1. The van der Waals surface area contributed by atoms with Crippen LogP contribution in [0.1, 0.15) is 27.0 Å². The molecule has 0 aliphatic heterocycles. The van der Waals surface area contributed by atoms with Crippen LogP contribution in [0.5, 0.6) is 5.75 Å². The summed E-state index contributed by atoms with van der Waals surface area (Å²) in [7, 11) is 0. The van der Waals surface area contributed by atoms with Crippen molar-refractivity contribution in [3.63, 3.8) is 0 Å². The maximum atomic E-state index is 12.2. The number of hydrogen-bond donors (Lipinski definition) is 2. The molecule has 5 nitrogen and oxygen atoms in total. The van der Waals surface area contributed by atoms with Gasteiger partial charge < -0.3 is 15.2 Å². The number of carboxylic acids is 1. The molecule has 0 heterocycles. The minimum absolute atomic E-state index is 0.0717. The highest BCUT2D eigenvalue weighted by Crippen LogP contribution is 2.14. The number of carboxylic acid groups (broad SMARTS) is 1. The molecule has 0 aromatic heterocycles. The Balaban J connectivity index is 1.84. The van der Waals surface area contributed by atoms with Gasteiger partial charge >= 0.3 is 5.97 Å². The predicted molar refractivity (Wildman–Crippen MR) is 91.5 cm³/mol. The van der Waals surface area contributed by atoms with Crippen LogP contribution in [0, 0.1) is 13.8 Å². The molecule has 0 radical (unpaired) electrons. The van der Waals surface area contributed by atoms with Gasteiger partial charge in [0.05, 0.1) is 0 Å². The van der Waals surface area contributed by atoms with E-state index in [1.165, 1.54) is 0 Å². The third kappa shape index (κ3) is 4.84. The lowest BCUT2D eigenvalue weighted by Crippen LogP contribution is -2.26. The van der Waals surface area contributed by atoms with Crippen molar-refractivity contribution >= 4 is 11.9 Å². The van der Waals surface area contributed by atoms with E-state index < -0.39 is 5.97 Å². The van der Waals surface area contributed by atoms with Crippen LogP contribution in [0.3, 0.4) is 0 Å². The SMILES string of the molecule is Cc1cccc(C(=O)NCCc2ccc(OCC(=O)O)cc2)c1C. The molecule has 0 bridgehead atoms. The summed E-state index contributed by atoms with van der Waals surface area (Å²) in [6, 6.07) is 12.9. The van der Waals surface area contributed by atoms with E-state index in [4.69, 9.17) is 9.84 Å². The van der Waals surface area contributed by atoms with E-state index in [0.717, 1.165) is 16.7 Å². The number of amides is 1. The van der Waals surface area contributed by atoms with E-state index in [1.54, 1.807) is 12.1 Å². The van der Waals surface area contributed by atoms with Gasteiger partial charge in [-0.25, -0.2) is 4.79 Å². The highest BCUT2D eigenvalue weighted by molar-refractivity contribution is 5.95. The molecule has 0 atom stereocenters. The minimum Gasteiger partial charge on any atom is -0.482 e. The van der Waals surface area contributed by atoms with E-state index in [-0.39, 0.29) is 12.5 Å². The molecule has 2 aromatic carbocycles. The second-order valence-corrected chi connectivity index (χ2v) is 5.58. The van der Waals surface area contributed by atoms with Crippen LogP contribution in [0.4, 0.5) is 0 Å². The quantitative estimate of drug-likeness (QED) is 0.820. The summed E-state index contributed by atoms with van der Waals surface area (Å²) >= 11 is 0. The third-order valence-corrected chi connectivity index (χ3v) is 3.83. The van der Waals surface area contributed by atoms with Gasteiger partial charge in [0, 0.05) is 12.1 Å². The monoisotopic (exact) mass is 327 g/mol. The Kier molecular flexibility index (Phi) is 5.95. The molecule has 0 spiro atoms. The van der Waals surface area contributed by atoms with Crippen molar-refractivity contribution in [2.75, 3.05) is 13.2 Å². The van der Waals surface area contributed by atoms with Crippen LogP contribution in [0.15, 0.2) is 42.5 Å². The average molecular weight is 327 g/mol. The fourth-order valence-electron chi connectivity index (χ4n) is 2.31. The predicted octanol–water partition coefficient (Wildman–Crippen LogP) is 2.74. The summed E-state index contributed by atoms with van der Waals surface area (Å²) in [5, 5.41) is 11.5. The first-order valence-electron chi connectivity index (χ1n) is 7.75. The smallest absolute Gasteiger partial charge is 0.341 e. The second-order valence-electron chi connectivity index (χ2n) is 5.58. The van der Waals surface area contributed by atoms with Gasteiger partial charge in [-0.2, -0.15) is 0 Å². The summed E-state index contributed by atoms with van der Waals surface area (Å²) in [4.78, 5) is 22.7. The van der Waals surface area contributed by atoms with Crippen molar-refractivity contribution in [3.05, 3.63) is 64.7 Å². The Hall–Kier alpha value is -2.82. The topological polar surface area (TPSA) is 75.6 Å². The molecule has 0 unspecified atom stereocenters.